The van der Waals surface area contributed by atoms with E-state index in [2.05, 4.69) is 0 Å². The molecular formula is C10H13FO3S. The summed E-state index contributed by atoms with van der Waals surface area (Å²) in [7, 11) is 0.142. The number of benzene rings is 1. The lowest BCUT2D eigenvalue weighted by atomic mass is 10.4. The second kappa shape index (κ2) is 5.95. The van der Waals surface area contributed by atoms with Crippen LogP contribution in [0.1, 0.15) is 0 Å². The summed E-state index contributed by atoms with van der Waals surface area (Å²) in [6.45, 7) is 0.146. The zero-order valence-corrected chi connectivity index (χ0v) is 9.17. The first-order valence-electron chi connectivity index (χ1n) is 4.44. The van der Waals surface area contributed by atoms with Crippen LogP contribution in [0.3, 0.4) is 0 Å². The number of methoxy groups -OCH3 is 1. The quantitative estimate of drug-likeness (QED) is 0.822. The van der Waals surface area contributed by atoms with E-state index in [1.165, 1.54) is 31.4 Å². The Morgan fingerprint density at radius 2 is 2.07 bits per heavy atom. The summed E-state index contributed by atoms with van der Waals surface area (Å²) >= 11 is 0. The molecule has 0 aliphatic carbocycles. The lowest BCUT2D eigenvalue weighted by molar-refractivity contribution is 0.0788. The van der Waals surface area contributed by atoms with Crippen LogP contribution in [0.15, 0.2) is 29.2 Å². The first-order chi connectivity index (χ1) is 7.13. The van der Waals surface area contributed by atoms with Crippen molar-refractivity contribution in [3.05, 3.63) is 30.1 Å². The number of hydrogen-bond donors (Lipinski definition) is 1. The minimum atomic E-state index is -1.32. The Morgan fingerprint density at radius 1 is 1.47 bits per heavy atom. The monoisotopic (exact) mass is 232 g/mol. The van der Waals surface area contributed by atoms with E-state index < -0.39 is 16.9 Å². The first kappa shape index (κ1) is 12.3. The third-order valence-corrected chi connectivity index (χ3v) is 3.26. The molecule has 1 aromatic rings. The average Bonchev–Trinajstić information content (AvgIpc) is 2.18. The van der Waals surface area contributed by atoms with Crippen molar-refractivity contribution in [3.63, 3.8) is 0 Å². The molecule has 0 amide bonds. The van der Waals surface area contributed by atoms with Gasteiger partial charge in [-0.05, 0) is 24.3 Å². The first-order valence-corrected chi connectivity index (χ1v) is 5.76. The van der Waals surface area contributed by atoms with E-state index in [0.29, 0.717) is 4.90 Å². The summed E-state index contributed by atoms with van der Waals surface area (Å²) < 4.78 is 28.9. The van der Waals surface area contributed by atoms with Gasteiger partial charge in [0.1, 0.15) is 5.82 Å². The van der Waals surface area contributed by atoms with Crippen LogP contribution in [0, 0.1) is 5.82 Å². The Morgan fingerprint density at radius 3 is 2.60 bits per heavy atom. The molecule has 1 rings (SSSR count). The number of hydrogen-bond acceptors (Lipinski definition) is 3. The van der Waals surface area contributed by atoms with E-state index in [0.717, 1.165) is 0 Å². The van der Waals surface area contributed by atoms with Crippen LogP contribution in [0.5, 0.6) is 0 Å². The zero-order valence-electron chi connectivity index (χ0n) is 8.35. The van der Waals surface area contributed by atoms with Crippen molar-refractivity contribution in [1.29, 1.82) is 0 Å². The molecule has 0 saturated heterocycles. The Kier molecular flexibility index (Phi) is 4.87. The topological polar surface area (TPSA) is 46.5 Å². The molecule has 0 spiro atoms. The molecule has 0 aliphatic rings. The van der Waals surface area contributed by atoms with E-state index in [-0.39, 0.29) is 18.2 Å². The highest BCUT2D eigenvalue weighted by molar-refractivity contribution is 7.85. The molecule has 0 bridgehead atoms. The predicted molar refractivity (Wildman–Crippen MR) is 55.6 cm³/mol. The van der Waals surface area contributed by atoms with Crippen LogP contribution < -0.4 is 0 Å². The average molecular weight is 232 g/mol. The molecule has 1 aromatic carbocycles. The van der Waals surface area contributed by atoms with Gasteiger partial charge in [-0.1, -0.05) is 0 Å². The number of rotatable bonds is 5. The van der Waals surface area contributed by atoms with Crippen LogP contribution in [0.2, 0.25) is 0 Å². The lowest BCUT2D eigenvalue weighted by Gasteiger charge is -2.08. The fourth-order valence-electron chi connectivity index (χ4n) is 1.10. The summed E-state index contributed by atoms with van der Waals surface area (Å²) in [5.41, 5.74) is 0. The molecule has 0 heterocycles. The second-order valence-electron chi connectivity index (χ2n) is 3.08. The van der Waals surface area contributed by atoms with Gasteiger partial charge < -0.3 is 9.84 Å². The van der Waals surface area contributed by atoms with E-state index in [1.807, 2.05) is 0 Å². The van der Waals surface area contributed by atoms with Gasteiger partial charge in [0.2, 0.25) is 0 Å². The molecule has 2 atom stereocenters. The summed E-state index contributed by atoms with van der Waals surface area (Å²) in [6.07, 6.45) is -0.763. The standard InChI is InChI=1S/C10H13FO3S/c1-14-6-9(12)7-15(13)10-4-2-8(11)3-5-10/h2-5,9,12H,6-7H2,1H3. The zero-order chi connectivity index (χ0) is 11.3. The normalized spacial score (nSPS) is 14.9. The summed E-state index contributed by atoms with van der Waals surface area (Å²) in [5, 5.41) is 9.34. The largest absolute Gasteiger partial charge is 0.390 e. The van der Waals surface area contributed by atoms with Crippen molar-refractivity contribution in [2.24, 2.45) is 0 Å². The highest BCUT2D eigenvalue weighted by Gasteiger charge is 2.10. The van der Waals surface area contributed by atoms with Gasteiger partial charge in [-0.2, -0.15) is 0 Å². The van der Waals surface area contributed by atoms with Crippen LogP contribution >= 0.6 is 0 Å². The van der Waals surface area contributed by atoms with Crippen molar-refractivity contribution in [1.82, 2.24) is 0 Å². The minimum absolute atomic E-state index is 0.0967. The van der Waals surface area contributed by atoms with E-state index >= 15 is 0 Å². The van der Waals surface area contributed by atoms with Crippen LogP contribution in [0.4, 0.5) is 4.39 Å². The van der Waals surface area contributed by atoms with Crippen LogP contribution in [-0.2, 0) is 15.5 Å². The van der Waals surface area contributed by atoms with Crippen molar-refractivity contribution in [2.45, 2.75) is 11.0 Å². The Balaban J connectivity index is 2.57. The molecule has 3 nitrogen and oxygen atoms in total. The molecule has 84 valence electrons. The highest BCUT2D eigenvalue weighted by atomic mass is 32.2. The van der Waals surface area contributed by atoms with Gasteiger partial charge in [-0.25, -0.2) is 4.39 Å². The molecule has 0 aromatic heterocycles. The Bertz CT molecular complexity index is 326. The van der Waals surface area contributed by atoms with E-state index in [9.17, 15) is 13.7 Å². The van der Waals surface area contributed by atoms with Gasteiger partial charge >= 0.3 is 0 Å². The maximum absolute atomic E-state index is 12.6. The third-order valence-electron chi connectivity index (χ3n) is 1.78. The molecule has 5 heteroatoms. The molecule has 1 N–H and O–H groups in total. The maximum atomic E-state index is 12.6. The molecule has 15 heavy (non-hydrogen) atoms. The maximum Gasteiger partial charge on any atom is 0.123 e. The predicted octanol–water partition coefficient (Wildman–Crippen LogP) is 0.941. The third kappa shape index (κ3) is 4.07. The van der Waals surface area contributed by atoms with Crippen LogP contribution in [-0.4, -0.2) is 34.9 Å². The van der Waals surface area contributed by atoms with Gasteiger partial charge in [-0.15, -0.1) is 0 Å². The summed E-state index contributed by atoms with van der Waals surface area (Å²) in [6, 6.07) is 5.39. The van der Waals surface area contributed by atoms with Crippen molar-refractivity contribution >= 4 is 10.8 Å². The minimum Gasteiger partial charge on any atom is -0.390 e. The Labute approximate surface area is 90.3 Å². The van der Waals surface area contributed by atoms with Gasteiger partial charge in [0.25, 0.3) is 0 Å². The Hall–Kier alpha value is -0.780. The van der Waals surface area contributed by atoms with Gasteiger partial charge in [-0.3, -0.25) is 4.21 Å². The fraction of sp³-hybridized carbons (Fsp3) is 0.400. The number of halogens is 1. The SMILES string of the molecule is COCC(O)CS(=O)c1ccc(F)cc1. The van der Waals surface area contributed by atoms with Crippen molar-refractivity contribution in [3.8, 4) is 0 Å². The summed E-state index contributed by atoms with van der Waals surface area (Å²) in [5.74, 6) is -0.271. The highest BCUT2D eigenvalue weighted by Crippen LogP contribution is 2.09. The molecule has 0 saturated carbocycles. The van der Waals surface area contributed by atoms with E-state index in [1.54, 1.807) is 0 Å². The van der Waals surface area contributed by atoms with E-state index in [4.69, 9.17) is 4.74 Å². The van der Waals surface area contributed by atoms with Gasteiger partial charge in [0, 0.05) is 12.0 Å². The molecule has 0 fully saturated rings. The smallest absolute Gasteiger partial charge is 0.123 e. The van der Waals surface area contributed by atoms with Gasteiger partial charge in [0.05, 0.1) is 29.3 Å². The fourth-order valence-corrected chi connectivity index (χ4v) is 2.18. The summed E-state index contributed by atoms with van der Waals surface area (Å²) in [4.78, 5) is 0.506. The molecular weight excluding hydrogens is 219 g/mol. The van der Waals surface area contributed by atoms with Crippen molar-refractivity contribution in [2.75, 3.05) is 19.5 Å². The lowest BCUT2D eigenvalue weighted by Crippen LogP contribution is -2.21. The van der Waals surface area contributed by atoms with Crippen molar-refractivity contribution < 1.29 is 18.4 Å². The number of aliphatic hydroxyl groups excluding tert-OH is 1. The van der Waals surface area contributed by atoms with Crippen LogP contribution in [0.25, 0.3) is 0 Å². The number of ether oxygens (including phenoxy) is 1. The molecule has 0 radical (unpaired) electrons. The van der Waals surface area contributed by atoms with Gasteiger partial charge in [0.15, 0.2) is 0 Å². The molecule has 2 unspecified atom stereocenters. The second-order valence-corrected chi connectivity index (χ2v) is 4.57. The number of aliphatic hydroxyl groups is 1. The molecule has 0 aliphatic heterocycles.